The van der Waals surface area contributed by atoms with Gasteiger partial charge in [-0.15, -0.1) is 0 Å². The fourth-order valence-electron chi connectivity index (χ4n) is 12.5. The van der Waals surface area contributed by atoms with Gasteiger partial charge in [0.25, 0.3) is 0 Å². The number of aldehydes is 1. The van der Waals surface area contributed by atoms with Gasteiger partial charge in [0.2, 0.25) is 0 Å². The van der Waals surface area contributed by atoms with Crippen LogP contribution in [0, 0.1) is 41.5 Å². The molecule has 0 bridgehead atoms. The van der Waals surface area contributed by atoms with Crippen LogP contribution in [0.1, 0.15) is 111 Å². The molecule has 0 aliphatic rings. The van der Waals surface area contributed by atoms with Crippen molar-refractivity contribution in [3.05, 3.63) is 313 Å². The summed E-state index contributed by atoms with van der Waals surface area (Å²) in [5.41, 5.74) is -1.87. The van der Waals surface area contributed by atoms with Crippen LogP contribution in [0.15, 0.2) is 212 Å². The van der Waals surface area contributed by atoms with Gasteiger partial charge in [-0.25, -0.2) is 84.9 Å². The second kappa shape index (κ2) is 54.4. The van der Waals surface area contributed by atoms with Crippen molar-refractivity contribution in [2.75, 3.05) is 79.3 Å². The summed E-state index contributed by atoms with van der Waals surface area (Å²) in [6, 6.07) is 27.4. The van der Waals surface area contributed by atoms with Gasteiger partial charge in [-0.1, -0.05) is 112 Å². The lowest BCUT2D eigenvalue weighted by Crippen LogP contribution is -2.53. The molecule has 38 nitrogen and oxygen atoms in total. The molecular formula is C98H106N6O32. The third-order valence-electron chi connectivity index (χ3n) is 19.3. The summed E-state index contributed by atoms with van der Waals surface area (Å²) in [6.45, 7) is 34.0. The molecular weight excluding hydrogens is 1770 g/mol. The number of hydrogen-bond acceptors (Lipinski definition) is 32. The predicted octanol–water partition coefficient (Wildman–Crippen LogP) is 6.99. The Balaban J connectivity index is 0.000000447. The molecule has 0 amide bonds. The van der Waals surface area contributed by atoms with E-state index in [9.17, 15) is 91.1 Å². The summed E-state index contributed by atoms with van der Waals surface area (Å²) < 4.78 is 77.7. The number of ether oxygens (including phenoxy) is 12. The van der Waals surface area contributed by atoms with Gasteiger partial charge in [-0.2, -0.15) is 0 Å². The van der Waals surface area contributed by atoms with Gasteiger partial charge < -0.3 is 66.4 Å². The summed E-state index contributed by atoms with van der Waals surface area (Å²) in [4.78, 5) is 253. The molecule has 8 rings (SSSR count). The number of hydrogen-bond donors (Lipinski definition) is 0. The molecule has 6 aromatic carbocycles. The average Bonchev–Trinajstić information content (AvgIpc) is 0.738. The molecule has 2 heterocycles. The first-order valence-corrected chi connectivity index (χ1v) is 41.5. The van der Waals surface area contributed by atoms with E-state index in [1.165, 1.54) is 107 Å². The van der Waals surface area contributed by atoms with Gasteiger partial charge in [0.1, 0.15) is 92.7 Å². The fraction of sp³-hybridized carbons (Fsp3) is 0.306. The zero-order chi connectivity index (χ0) is 103. The van der Waals surface area contributed by atoms with E-state index in [2.05, 4.69) is 39.5 Å². The fourth-order valence-corrected chi connectivity index (χ4v) is 12.5. The number of nitrogens with zero attached hydrogens (tertiary/aromatic N) is 6. The summed E-state index contributed by atoms with van der Waals surface area (Å²) in [7, 11) is 0. The van der Waals surface area contributed by atoms with Gasteiger partial charge in [-0.3, -0.25) is 28.8 Å². The Morgan fingerprint density at radius 1 is 0.287 bits per heavy atom. The highest BCUT2D eigenvalue weighted by Gasteiger charge is 2.29. The number of benzene rings is 6. The third kappa shape index (κ3) is 32.0. The molecule has 2 aromatic heterocycles. The standard InChI is InChI=1S/C48H51N3O15.C45H45N3O15.C3H6O.C2H4O/c1-28(2)43(55)64-22-19-61-40(52)25-34-13-10-16-37(31(34)7)49-46(58)50(38-17-11-14-35(32(38)8)26-41(53)62-20-23-65-44(56)29(3)4)48(60)51(47(49)59)39-18-12-15-36(33(39)9)27-42(54)63-21-24-66-45(57)30(5)6;1-7-37(49)58-19-22-61-40(52)25-31-13-10-16-34(28(31)4)46-43(55)47(35-17-11-14-32(29(35)5)26-41(53)62-23-20-59-38(50)8-2)45(57)48(44(46)56)36-18-12-15-33(30(36)6)27-42(54)63-24-21-60-39(51)9-3;1-3(2)4;1-2-3/h10-18H,1,3,5,19-27H2,2,4,6-9H3;7-18H,1-3,19-27H2,4-6H3;1-2H3;2H,1H3/i;;1D;2D. The molecule has 0 saturated carbocycles. The SMILES string of the molecule is C=C(C)C(=O)OCCOC(=O)Cc1cccc(-n2c(=O)n(-c3cccc(CC(=O)OCCOC(=O)C(=C)C)c3C)c(=O)n(-c3cccc(CC(=O)OCCOC(=O)C(=C)C)c3C)c2=O)c1C.C=CC(=O)OCCOC(=O)Cc1cccc(-n2c(=O)n(-c3cccc(CC(=O)OCCOC(=O)C=C)c3C)c(=O)n(-c3cccc(CC(=O)OCCOC(=O)C=C)c3C)c2=O)c1C.[2H]C(C)=O.[2H]CC(C)=O. The van der Waals surface area contributed by atoms with Crippen LogP contribution in [0.4, 0.5) is 0 Å². The minimum atomic E-state index is -1.09. The van der Waals surface area contributed by atoms with E-state index in [-0.39, 0.29) is 181 Å². The van der Waals surface area contributed by atoms with E-state index in [1.807, 2.05) is 0 Å². The molecule has 38 heteroatoms. The van der Waals surface area contributed by atoms with Crippen molar-refractivity contribution in [2.24, 2.45) is 0 Å². The van der Waals surface area contributed by atoms with E-state index in [0.29, 0.717) is 66.8 Å². The highest BCUT2D eigenvalue weighted by Crippen LogP contribution is 2.26. The highest BCUT2D eigenvalue weighted by molar-refractivity contribution is 5.88. The number of carbonyl (C=O) groups is 14. The Bertz CT molecular complexity index is 5790. The maximum Gasteiger partial charge on any atom is 0.345 e. The molecule has 0 unspecified atom stereocenters. The predicted molar refractivity (Wildman–Crippen MR) is 492 cm³/mol. The van der Waals surface area contributed by atoms with E-state index < -0.39 is 112 Å². The molecule has 136 heavy (non-hydrogen) atoms. The topological polar surface area (TPSA) is 482 Å². The molecule has 0 saturated heterocycles. The maximum absolute atomic E-state index is 14.8. The van der Waals surface area contributed by atoms with Crippen LogP contribution < -0.4 is 34.1 Å². The number of Topliss-reactive ketones (excluding diaryl/α,β-unsaturated/α-hetero) is 1. The van der Waals surface area contributed by atoms with Crippen molar-refractivity contribution in [3.63, 3.8) is 0 Å². The van der Waals surface area contributed by atoms with Crippen LogP contribution >= 0.6 is 0 Å². The Labute approximate surface area is 782 Å². The van der Waals surface area contributed by atoms with Crippen molar-refractivity contribution in [2.45, 2.75) is 122 Å². The largest absolute Gasteiger partial charge is 0.462 e. The average molecular weight is 1880 g/mol. The lowest BCUT2D eigenvalue weighted by molar-refractivity contribution is -0.149. The molecule has 0 fully saturated rings. The van der Waals surface area contributed by atoms with E-state index >= 15 is 0 Å². The maximum atomic E-state index is 14.8. The summed E-state index contributed by atoms with van der Waals surface area (Å²) in [5.74, 6) is -8.30. The van der Waals surface area contributed by atoms with Gasteiger partial charge in [0, 0.05) is 36.3 Å². The first-order valence-electron chi connectivity index (χ1n) is 42.7. The second-order valence-corrected chi connectivity index (χ2v) is 29.2. The van der Waals surface area contributed by atoms with Crippen molar-refractivity contribution >= 4 is 83.7 Å². The van der Waals surface area contributed by atoms with E-state index in [1.54, 1.807) is 77.9 Å². The smallest absolute Gasteiger partial charge is 0.345 e. The zero-order valence-electron chi connectivity index (χ0n) is 79.0. The number of rotatable bonds is 42. The van der Waals surface area contributed by atoms with Crippen LogP contribution in [0.2, 0.25) is 0 Å². The molecule has 0 spiro atoms. The highest BCUT2D eigenvalue weighted by atomic mass is 16.6. The first kappa shape index (κ1) is 107. The Kier molecular flexibility index (Phi) is 42.6. The molecule has 0 aliphatic heterocycles. The monoisotopic (exact) mass is 1880 g/mol. The summed E-state index contributed by atoms with van der Waals surface area (Å²) in [6.07, 6.45) is 0.466. The minimum absolute atomic E-state index is 0.0155. The number of esters is 12. The molecule has 0 atom stereocenters. The van der Waals surface area contributed by atoms with Gasteiger partial charge in [0.05, 0.1) is 72.6 Å². The van der Waals surface area contributed by atoms with Gasteiger partial charge >= 0.3 is 106 Å². The quantitative estimate of drug-likeness (QED) is 0.0122. The lowest BCUT2D eigenvalue weighted by Gasteiger charge is -2.20. The van der Waals surface area contributed by atoms with Crippen LogP contribution in [0.5, 0.6) is 0 Å². The minimum Gasteiger partial charge on any atom is -0.462 e. The van der Waals surface area contributed by atoms with Crippen molar-refractivity contribution in [1.82, 2.24) is 27.4 Å². The van der Waals surface area contributed by atoms with Crippen LogP contribution in [-0.4, -0.2) is 190 Å². The van der Waals surface area contributed by atoms with Gasteiger partial charge in [0.15, 0.2) is 0 Å². The summed E-state index contributed by atoms with van der Waals surface area (Å²) >= 11 is 0. The van der Waals surface area contributed by atoms with Crippen molar-refractivity contribution in [3.8, 4) is 34.1 Å². The number of aromatic nitrogens is 6. The van der Waals surface area contributed by atoms with Crippen molar-refractivity contribution < 1.29 is 127 Å². The zero-order valence-corrected chi connectivity index (χ0v) is 77.0. The molecule has 8 aromatic rings. The molecule has 0 N–H and O–H groups in total. The van der Waals surface area contributed by atoms with Gasteiger partial charge in [-0.05, 0) is 186 Å². The lowest BCUT2D eigenvalue weighted by atomic mass is 10.0. The summed E-state index contributed by atoms with van der Waals surface area (Å²) in [5, 5.41) is 0. The first-order chi connectivity index (χ1) is 65.4. The van der Waals surface area contributed by atoms with E-state index in [4.69, 9.17) is 64.4 Å². The molecule has 720 valence electrons. The number of ketones is 1. The van der Waals surface area contributed by atoms with E-state index in [0.717, 1.165) is 45.6 Å². The normalized spacial score (nSPS) is 10.5. The molecule has 0 aliphatic carbocycles. The second-order valence-electron chi connectivity index (χ2n) is 29.2. The Morgan fingerprint density at radius 3 is 0.559 bits per heavy atom. The Morgan fingerprint density at radius 2 is 0.426 bits per heavy atom. The van der Waals surface area contributed by atoms with Crippen LogP contribution in [0.25, 0.3) is 34.1 Å². The number of carbonyl (C=O) groups excluding carboxylic acids is 14. The molecule has 0 radical (unpaired) electrons. The van der Waals surface area contributed by atoms with Crippen LogP contribution in [-0.2, 0) is 162 Å². The van der Waals surface area contributed by atoms with Crippen LogP contribution in [0.3, 0.4) is 0 Å². The third-order valence-corrected chi connectivity index (χ3v) is 19.3. The Hall–Kier alpha value is -16.4. The van der Waals surface area contributed by atoms with Crippen molar-refractivity contribution in [1.29, 1.82) is 0 Å².